The molecule has 0 saturated carbocycles. The minimum Gasteiger partial charge on any atom is -0.459 e. The zero-order valence-corrected chi connectivity index (χ0v) is 18.5. The van der Waals surface area contributed by atoms with E-state index in [-0.39, 0.29) is 31.1 Å². The van der Waals surface area contributed by atoms with E-state index in [2.05, 4.69) is 5.32 Å². The number of rotatable bonds is 8. The van der Waals surface area contributed by atoms with Crippen LogP contribution in [-0.2, 0) is 14.3 Å². The molecule has 0 aliphatic carbocycles. The maximum Gasteiger partial charge on any atom is 0.338 e. The van der Waals surface area contributed by atoms with Gasteiger partial charge in [-0.25, -0.2) is 4.79 Å². The molecule has 1 aliphatic heterocycles. The Morgan fingerprint density at radius 1 is 0.969 bits per heavy atom. The molecule has 8 heteroatoms. The molecule has 1 heterocycles. The highest BCUT2D eigenvalue weighted by atomic mass is 16.5. The number of carbonyl (C=O) groups excluding carboxylic acids is 4. The van der Waals surface area contributed by atoms with Gasteiger partial charge in [0.1, 0.15) is 6.61 Å². The van der Waals surface area contributed by atoms with Crippen molar-refractivity contribution < 1.29 is 28.7 Å². The van der Waals surface area contributed by atoms with Gasteiger partial charge < -0.3 is 14.8 Å². The lowest BCUT2D eigenvalue weighted by Gasteiger charge is -2.33. The van der Waals surface area contributed by atoms with Crippen molar-refractivity contribution in [3.63, 3.8) is 0 Å². The smallest absolute Gasteiger partial charge is 0.338 e. The predicted molar refractivity (Wildman–Crippen MR) is 117 cm³/mol. The van der Waals surface area contributed by atoms with E-state index in [0.29, 0.717) is 22.4 Å². The van der Waals surface area contributed by atoms with Crippen LogP contribution in [0.4, 0.5) is 5.69 Å². The van der Waals surface area contributed by atoms with Gasteiger partial charge in [0.05, 0.1) is 34.9 Å². The van der Waals surface area contributed by atoms with Gasteiger partial charge in [-0.1, -0.05) is 12.1 Å². The molecule has 0 atom stereocenters. The van der Waals surface area contributed by atoms with Gasteiger partial charge in [-0.3, -0.25) is 19.3 Å². The molecule has 0 radical (unpaired) electrons. The number of nitrogens with one attached hydrogen (secondary N) is 1. The molecule has 2 aromatic carbocycles. The lowest BCUT2D eigenvalue weighted by Crippen LogP contribution is -2.50. The van der Waals surface area contributed by atoms with Crippen molar-refractivity contribution in [2.45, 2.75) is 39.3 Å². The van der Waals surface area contributed by atoms with Crippen LogP contribution in [0.5, 0.6) is 0 Å². The second-order valence-corrected chi connectivity index (χ2v) is 8.38. The van der Waals surface area contributed by atoms with Gasteiger partial charge in [0.25, 0.3) is 11.8 Å². The summed E-state index contributed by atoms with van der Waals surface area (Å²) in [7, 11) is 0. The van der Waals surface area contributed by atoms with Crippen molar-refractivity contribution in [1.29, 1.82) is 0 Å². The Kier molecular flexibility index (Phi) is 6.74. The normalized spacial score (nSPS) is 13.3. The Morgan fingerprint density at radius 3 is 2.06 bits per heavy atom. The third-order valence-corrected chi connectivity index (χ3v) is 4.83. The summed E-state index contributed by atoms with van der Waals surface area (Å²) < 4.78 is 10.6. The Hall–Kier alpha value is -3.52. The molecule has 0 spiro atoms. The first kappa shape index (κ1) is 23.1. The van der Waals surface area contributed by atoms with Crippen LogP contribution in [0.15, 0.2) is 48.5 Å². The molecule has 0 bridgehead atoms. The predicted octanol–water partition coefficient (Wildman–Crippen LogP) is 3.28. The quantitative estimate of drug-likeness (QED) is 0.501. The second-order valence-electron chi connectivity index (χ2n) is 8.38. The zero-order valence-electron chi connectivity index (χ0n) is 18.5. The van der Waals surface area contributed by atoms with E-state index in [0.717, 1.165) is 0 Å². The SMILES string of the molecule is CC(C)OC(=O)c1ccc(NC(=O)COCC(C)(C)N2C(=O)c3ccccc3C2=O)cc1. The van der Waals surface area contributed by atoms with Crippen molar-refractivity contribution in [2.24, 2.45) is 0 Å². The Labute approximate surface area is 186 Å². The first-order chi connectivity index (χ1) is 15.1. The molecule has 0 aromatic heterocycles. The van der Waals surface area contributed by atoms with Crippen LogP contribution in [-0.4, -0.2) is 53.4 Å². The monoisotopic (exact) mass is 438 g/mol. The van der Waals surface area contributed by atoms with E-state index >= 15 is 0 Å². The highest BCUT2D eigenvalue weighted by molar-refractivity contribution is 6.21. The molecule has 3 rings (SSSR count). The summed E-state index contributed by atoms with van der Waals surface area (Å²) in [5.41, 5.74) is 0.675. The van der Waals surface area contributed by atoms with Gasteiger partial charge in [-0.15, -0.1) is 0 Å². The number of imide groups is 1. The third-order valence-electron chi connectivity index (χ3n) is 4.83. The molecule has 1 N–H and O–H groups in total. The Balaban J connectivity index is 1.52. The molecule has 32 heavy (non-hydrogen) atoms. The molecule has 0 fully saturated rings. The first-order valence-corrected chi connectivity index (χ1v) is 10.3. The van der Waals surface area contributed by atoms with E-state index in [4.69, 9.17) is 9.47 Å². The number of carbonyl (C=O) groups is 4. The van der Waals surface area contributed by atoms with E-state index < -0.39 is 17.4 Å². The largest absolute Gasteiger partial charge is 0.459 e. The van der Waals surface area contributed by atoms with E-state index in [1.54, 1.807) is 76.2 Å². The minimum absolute atomic E-state index is 0.00807. The molecule has 3 amide bonds. The standard InChI is InChI=1S/C24H26N2O6/c1-15(2)32-23(30)16-9-11-17(12-10-16)25-20(27)13-31-14-24(3,4)26-21(28)18-7-5-6-8-19(18)22(26)29/h5-12,15H,13-14H2,1-4H3,(H,25,27). The van der Waals surface area contributed by atoms with Gasteiger partial charge in [-0.2, -0.15) is 0 Å². The number of esters is 1. The van der Waals surface area contributed by atoms with Gasteiger partial charge in [0, 0.05) is 5.69 Å². The van der Waals surface area contributed by atoms with Crippen molar-refractivity contribution in [1.82, 2.24) is 4.90 Å². The van der Waals surface area contributed by atoms with Crippen LogP contribution in [0.2, 0.25) is 0 Å². The summed E-state index contributed by atoms with van der Waals surface area (Å²) >= 11 is 0. The highest BCUT2D eigenvalue weighted by Crippen LogP contribution is 2.29. The summed E-state index contributed by atoms with van der Waals surface area (Å²) in [5, 5.41) is 2.67. The minimum atomic E-state index is -0.939. The van der Waals surface area contributed by atoms with E-state index in [1.165, 1.54) is 4.90 Å². The first-order valence-electron chi connectivity index (χ1n) is 10.3. The second kappa shape index (κ2) is 9.32. The zero-order chi connectivity index (χ0) is 23.5. The van der Waals surface area contributed by atoms with Crippen LogP contribution in [0.1, 0.15) is 58.8 Å². The summed E-state index contributed by atoms with van der Waals surface area (Å²) in [4.78, 5) is 50.6. The summed E-state index contributed by atoms with van der Waals surface area (Å²) in [6, 6.07) is 13.0. The summed E-state index contributed by atoms with van der Waals surface area (Å²) in [6.07, 6.45) is -0.219. The topological polar surface area (TPSA) is 102 Å². The maximum absolute atomic E-state index is 12.7. The summed E-state index contributed by atoms with van der Waals surface area (Å²) in [6.45, 7) is 6.68. The maximum atomic E-state index is 12.7. The molecule has 2 aromatic rings. The van der Waals surface area contributed by atoms with Crippen LogP contribution in [0, 0.1) is 0 Å². The third kappa shape index (κ3) is 5.03. The van der Waals surface area contributed by atoms with Crippen molar-refractivity contribution >= 4 is 29.4 Å². The van der Waals surface area contributed by atoms with Crippen LogP contribution in [0.3, 0.4) is 0 Å². The Morgan fingerprint density at radius 2 is 1.53 bits per heavy atom. The van der Waals surface area contributed by atoms with Gasteiger partial charge in [0.2, 0.25) is 5.91 Å². The average molecular weight is 438 g/mol. The molecule has 0 unspecified atom stereocenters. The number of fused-ring (bicyclic) bond motifs is 1. The van der Waals surface area contributed by atoms with Crippen LogP contribution < -0.4 is 5.32 Å². The van der Waals surface area contributed by atoms with Gasteiger partial charge >= 0.3 is 5.97 Å². The van der Waals surface area contributed by atoms with E-state index in [1.807, 2.05) is 0 Å². The molecular weight excluding hydrogens is 412 g/mol. The fourth-order valence-electron chi connectivity index (χ4n) is 3.37. The number of amides is 3. The van der Waals surface area contributed by atoms with Crippen molar-refractivity contribution in [2.75, 3.05) is 18.5 Å². The number of benzene rings is 2. The molecule has 0 saturated heterocycles. The fraction of sp³-hybridized carbons (Fsp3) is 0.333. The number of ether oxygens (including phenoxy) is 2. The Bertz CT molecular complexity index is 1010. The van der Waals surface area contributed by atoms with Crippen molar-refractivity contribution in [3.8, 4) is 0 Å². The number of nitrogens with zero attached hydrogens (tertiary/aromatic N) is 1. The molecule has 168 valence electrons. The number of anilines is 1. The van der Waals surface area contributed by atoms with Crippen molar-refractivity contribution in [3.05, 3.63) is 65.2 Å². The highest BCUT2D eigenvalue weighted by Gasteiger charge is 2.44. The fourth-order valence-corrected chi connectivity index (χ4v) is 3.37. The molecular formula is C24H26N2O6. The lowest BCUT2D eigenvalue weighted by atomic mass is 10.0. The van der Waals surface area contributed by atoms with Gasteiger partial charge in [0.15, 0.2) is 0 Å². The number of hydrogen-bond acceptors (Lipinski definition) is 6. The summed E-state index contributed by atoms with van der Waals surface area (Å²) in [5.74, 6) is -1.59. The molecule has 8 nitrogen and oxygen atoms in total. The van der Waals surface area contributed by atoms with Crippen LogP contribution >= 0.6 is 0 Å². The van der Waals surface area contributed by atoms with E-state index in [9.17, 15) is 19.2 Å². The van der Waals surface area contributed by atoms with Crippen LogP contribution in [0.25, 0.3) is 0 Å². The van der Waals surface area contributed by atoms with Gasteiger partial charge in [-0.05, 0) is 64.1 Å². The number of hydrogen-bond donors (Lipinski definition) is 1. The molecule has 1 aliphatic rings. The average Bonchev–Trinajstić information content (AvgIpc) is 2.99. The lowest BCUT2D eigenvalue weighted by molar-refractivity contribution is -0.121.